The molecule has 0 spiro atoms. The van der Waals surface area contributed by atoms with Crippen LogP contribution >= 0.6 is 0 Å². The van der Waals surface area contributed by atoms with E-state index in [4.69, 9.17) is 13.7 Å². The Labute approximate surface area is 69.2 Å². The zero-order chi connectivity index (χ0) is 8.69. The molecule has 0 amide bonds. The van der Waals surface area contributed by atoms with E-state index >= 15 is 0 Å². The van der Waals surface area contributed by atoms with Crippen molar-refractivity contribution in [3.8, 4) is 0 Å². The van der Waals surface area contributed by atoms with Gasteiger partial charge in [0.2, 0.25) is 0 Å². The number of hydrogen-bond donors (Lipinski definition) is 2. The van der Waals surface area contributed by atoms with Gasteiger partial charge in [-0.15, -0.1) is 0 Å². The summed E-state index contributed by atoms with van der Waals surface area (Å²) in [6.07, 6.45) is 2.68. The summed E-state index contributed by atoms with van der Waals surface area (Å²) in [5.74, 6) is 0.0875. The zero-order valence-electron chi connectivity index (χ0n) is 6.97. The number of hydrogen-bond acceptors (Lipinski definition) is 3. The summed E-state index contributed by atoms with van der Waals surface area (Å²) in [5.41, 5.74) is 5.30. The van der Waals surface area contributed by atoms with E-state index in [2.05, 4.69) is 5.23 Å². The molecule has 62 valence electrons. The van der Waals surface area contributed by atoms with Crippen LogP contribution in [-0.2, 0) is 4.79 Å². The van der Waals surface area contributed by atoms with Crippen molar-refractivity contribution in [3.63, 3.8) is 0 Å². The molecule has 0 aliphatic heterocycles. The van der Waals surface area contributed by atoms with Crippen molar-refractivity contribution in [2.24, 2.45) is 5.73 Å². The van der Waals surface area contributed by atoms with Gasteiger partial charge in [-0.2, -0.15) is 0 Å². The second-order valence-electron chi connectivity index (χ2n) is 2.61. The van der Waals surface area contributed by atoms with E-state index in [-0.39, 0.29) is 11.8 Å². The molecule has 0 aromatic rings. The van der Waals surface area contributed by atoms with Gasteiger partial charge >= 0.3 is 0 Å². The molecule has 0 bridgehead atoms. The third-order valence-corrected chi connectivity index (χ3v) is 1.64. The molecule has 3 nitrogen and oxygen atoms in total. The van der Waals surface area contributed by atoms with E-state index in [0.717, 1.165) is 19.3 Å². The fourth-order valence-corrected chi connectivity index (χ4v) is 0.897. The summed E-state index contributed by atoms with van der Waals surface area (Å²) < 4.78 is 0. The van der Waals surface area contributed by atoms with Gasteiger partial charge < -0.3 is 11.0 Å². The summed E-state index contributed by atoms with van der Waals surface area (Å²) >= 11 is 0. The zero-order valence-corrected chi connectivity index (χ0v) is 6.97. The minimum Gasteiger partial charge on any atom is -0.358 e. The minimum atomic E-state index is -0.193. The van der Waals surface area contributed by atoms with Crippen LogP contribution in [-0.4, -0.2) is 26.4 Å². The lowest BCUT2D eigenvalue weighted by Crippen LogP contribution is -2.33. The first-order valence-corrected chi connectivity index (χ1v) is 3.89. The monoisotopic (exact) mass is 154 g/mol. The van der Waals surface area contributed by atoms with Gasteiger partial charge in [-0.3, -0.25) is 4.79 Å². The van der Waals surface area contributed by atoms with Crippen LogP contribution in [0.2, 0.25) is 0 Å². The molecular formula is C7H15BN2O. The maximum absolute atomic E-state index is 10.8. The predicted molar refractivity (Wildman–Crippen MR) is 46.3 cm³/mol. The highest BCUT2D eigenvalue weighted by atomic mass is 16.1. The number of carbonyl (C=O) groups excluding carboxylic acids is 1. The number of nitrogens with one attached hydrogen (secondary N) is 1. The molecule has 1 unspecified atom stereocenters. The maximum atomic E-state index is 10.8. The topological polar surface area (TPSA) is 55.1 Å². The van der Waals surface area contributed by atoms with E-state index in [1.807, 2.05) is 0 Å². The van der Waals surface area contributed by atoms with Crippen LogP contribution in [0.3, 0.4) is 0 Å². The Morgan fingerprint density at radius 3 is 2.64 bits per heavy atom. The summed E-state index contributed by atoms with van der Waals surface area (Å²) in [6.45, 7) is 2.21. The van der Waals surface area contributed by atoms with E-state index in [1.165, 1.54) is 6.92 Å². The van der Waals surface area contributed by atoms with Gasteiger partial charge in [-0.05, 0) is 26.3 Å². The van der Waals surface area contributed by atoms with Crippen LogP contribution in [0.4, 0.5) is 0 Å². The highest BCUT2D eigenvalue weighted by Gasteiger charge is 2.08. The quantitative estimate of drug-likeness (QED) is 0.409. The van der Waals surface area contributed by atoms with Crippen LogP contribution in [0.25, 0.3) is 0 Å². The Morgan fingerprint density at radius 2 is 2.27 bits per heavy atom. The van der Waals surface area contributed by atoms with Crippen LogP contribution in [0, 0.1) is 0 Å². The second kappa shape index (κ2) is 6.37. The van der Waals surface area contributed by atoms with Crippen LogP contribution in [0.1, 0.15) is 26.2 Å². The molecule has 0 aromatic heterocycles. The summed E-state index contributed by atoms with van der Waals surface area (Å²) in [6, 6.07) is -0.193. The average Bonchev–Trinajstić information content (AvgIpc) is 1.97. The Balaban J connectivity index is 3.44. The van der Waals surface area contributed by atoms with Gasteiger partial charge in [0.25, 0.3) is 0 Å². The highest BCUT2D eigenvalue weighted by Crippen LogP contribution is 1.99. The van der Waals surface area contributed by atoms with E-state index in [1.54, 1.807) is 0 Å². The molecule has 0 aliphatic carbocycles. The van der Waals surface area contributed by atoms with Gasteiger partial charge in [0.1, 0.15) is 5.78 Å². The number of rotatable bonds is 6. The summed E-state index contributed by atoms with van der Waals surface area (Å²) in [5, 5.41) is 2.47. The third-order valence-electron chi connectivity index (χ3n) is 1.64. The standard InChI is InChI=1S/C7H15BN2O/c1-6(11)7(10-8)4-2-3-5-9/h7,10H,2-5,9H2,1H3. The van der Waals surface area contributed by atoms with E-state index in [0.29, 0.717) is 6.54 Å². The molecule has 0 fully saturated rings. The Kier molecular flexibility index (Phi) is 6.17. The summed E-state index contributed by atoms with van der Waals surface area (Å²) in [7, 11) is 5.15. The van der Waals surface area contributed by atoms with Crippen molar-refractivity contribution in [1.82, 2.24) is 5.23 Å². The van der Waals surface area contributed by atoms with Gasteiger partial charge in [-0.25, -0.2) is 0 Å². The number of ketones is 1. The fraction of sp³-hybridized carbons (Fsp3) is 0.857. The molecule has 11 heavy (non-hydrogen) atoms. The molecule has 0 saturated carbocycles. The van der Waals surface area contributed by atoms with Crippen molar-refractivity contribution in [1.29, 1.82) is 0 Å². The SMILES string of the molecule is [B]NC(CCCCN)C(C)=O. The molecule has 0 rings (SSSR count). The average molecular weight is 154 g/mol. The van der Waals surface area contributed by atoms with Crippen molar-refractivity contribution in [2.75, 3.05) is 6.54 Å². The van der Waals surface area contributed by atoms with Gasteiger partial charge in [0, 0.05) is 0 Å². The maximum Gasteiger partial charge on any atom is 0.178 e. The molecule has 0 heterocycles. The molecule has 3 N–H and O–H groups in total. The molecule has 2 radical (unpaired) electrons. The first kappa shape index (κ1) is 10.7. The fourth-order valence-electron chi connectivity index (χ4n) is 0.897. The largest absolute Gasteiger partial charge is 0.358 e. The Bertz CT molecular complexity index is 119. The predicted octanol–water partition coefficient (Wildman–Crippen LogP) is -0.254. The second-order valence-corrected chi connectivity index (χ2v) is 2.61. The number of Topliss-reactive ketones (excluding diaryl/α,β-unsaturated/α-hetero) is 1. The molecule has 0 aromatic carbocycles. The molecule has 0 saturated heterocycles. The molecule has 0 aliphatic rings. The number of carbonyl (C=O) groups is 1. The van der Waals surface area contributed by atoms with Crippen LogP contribution < -0.4 is 11.0 Å². The Morgan fingerprint density at radius 1 is 1.64 bits per heavy atom. The summed E-state index contributed by atoms with van der Waals surface area (Å²) in [4.78, 5) is 10.8. The lowest BCUT2D eigenvalue weighted by atomic mass is 10.0. The number of unbranched alkanes of at least 4 members (excludes halogenated alkanes) is 1. The van der Waals surface area contributed by atoms with Crippen LogP contribution in [0.15, 0.2) is 0 Å². The first-order valence-electron chi connectivity index (χ1n) is 3.89. The van der Waals surface area contributed by atoms with E-state index < -0.39 is 0 Å². The van der Waals surface area contributed by atoms with Crippen molar-refractivity contribution in [2.45, 2.75) is 32.2 Å². The normalized spacial score (nSPS) is 12.9. The van der Waals surface area contributed by atoms with Crippen molar-refractivity contribution in [3.05, 3.63) is 0 Å². The van der Waals surface area contributed by atoms with E-state index in [9.17, 15) is 4.79 Å². The minimum absolute atomic E-state index is 0.0875. The molecule has 4 heteroatoms. The first-order chi connectivity index (χ1) is 5.22. The lowest BCUT2D eigenvalue weighted by molar-refractivity contribution is -0.118. The van der Waals surface area contributed by atoms with Gasteiger partial charge in [-0.1, -0.05) is 6.42 Å². The van der Waals surface area contributed by atoms with Crippen molar-refractivity contribution >= 4 is 13.8 Å². The smallest absolute Gasteiger partial charge is 0.178 e. The molecule has 1 atom stereocenters. The molecular weight excluding hydrogens is 139 g/mol. The Hall–Kier alpha value is -0.345. The number of nitrogens with two attached hydrogens (primary N) is 1. The van der Waals surface area contributed by atoms with Gasteiger partial charge in [0.05, 0.1) is 6.04 Å². The van der Waals surface area contributed by atoms with Gasteiger partial charge in [0.15, 0.2) is 7.98 Å². The highest BCUT2D eigenvalue weighted by molar-refractivity contribution is 6.06. The van der Waals surface area contributed by atoms with Crippen LogP contribution in [0.5, 0.6) is 0 Å². The third kappa shape index (κ3) is 4.98. The van der Waals surface area contributed by atoms with Crippen molar-refractivity contribution < 1.29 is 4.79 Å². The lowest BCUT2D eigenvalue weighted by Gasteiger charge is -2.11.